The van der Waals surface area contributed by atoms with Crippen LogP contribution in [0.2, 0.25) is 0 Å². The van der Waals surface area contributed by atoms with Crippen LogP contribution < -0.4 is 5.32 Å². The molecule has 5 nitrogen and oxygen atoms in total. The second-order valence-electron chi connectivity index (χ2n) is 5.05. The van der Waals surface area contributed by atoms with Gasteiger partial charge < -0.3 is 10.4 Å². The summed E-state index contributed by atoms with van der Waals surface area (Å²) in [6, 6.07) is 7.37. The zero-order chi connectivity index (χ0) is 13.2. The highest BCUT2D eigenvalue weighted by Gasteiger charge is 2.26. The van der Waals surface area contributed by atoms with E-state index in [0.29, 0.717) is 5.69 Å². The number of nitrogens with one attached hydrogen (secondary N) is 2. The molecule has 0 saturated heterocycles. The van der Waals surface area contributed by atoms with Crippen molar-refractivity contribution in [2.75, 3.05) is 0 Å². The van der Waals surface area contributed by atoms with E-state index in [0.717, 1.165) is 36.6 Å². The topological polar surface area (TPSA) is 78.0 Å². The van der Waals surface area contributed by atoms with Gasteiger partial charge in [0.1, 0.15) is 0 Å². The number of carbonyl (C=O) groups excluding carboxylic acids is 1. The molecule has 3 rings (SSSR count). The van der Waals surface area contributed by atoms with Crippen LogP contribution in [0.1, 0.15) is 36.2 Å². The van der Waals surface area contributed by atoms with Crippen molar-refractivity contribution < 1.29 is 9.90 Å². The lowest BCUT2D eigenvalue weighted by atomic mass is 9.92. The molecule has 5 heteroatoms. The summed E-state index contributed by atoms with van der Waals surface area (Å²) in [4.78, 5) is 12.2. The Kier molecular flexibility index (Phi) is 3.21. The summed E-state index contributed by atoms with van der Waals surface area (Å²) in [6.45, 7) is 0. The van der Waals surface area contributed by atoms with Crippen molar-refractivity contribution >= 4 is 16.8 Å². The third kappa shape index (κ3) is 2.33. The summed E-state index contributed by atoms with van der Waals surface area (Å²) < 4.78 is 0. The molecule has 1 heterocycles. The molecule has 0 spiro atoms. The summed E-state index contributed by atoms with van der Waals surface area (Å²) in [5.41, 5.74) is 1.24. The number of hydrogen-bond acceptors (Lipinski definition) is 3. The third-order valence-electron chi connectivity index (χ3n) is 3.73. The minimum atomic E-state index is -0.442. The fourth-order valence-corrected chi connectivity index (χ4v) is 2.65. The Balaban J connectivity index is 1.80. The van der Waals surface area contributed by atoms with E-state index in [-0.39, 0.29) is 11.9 Å². The van der Waals surface area contributed by atoms with Gasteiger partial charge in [-0.3, -0.25) is 9.89 Å². The van der Waals surface area contributed by atoms with Crippen LogP contribution in [0.15, 0.2) is 24.3 Å². The fraction of sp³-hybridized carbons (Fsp3) is 0.429. The van der Waals surface area contributed by atoms with Crippen molar-refractivity contribution in [3.8, 4) is 0 Å². The Bertz CT molecular complexity index is 593. The lowest BCUT2D eigenvalue weighted by Gasteiger charge is -2.28. The second kappa shape index (κ2) is 5.01. The van der Waals surface area contributed by atoms with Crippen molar-refractivity contribution in [1.82, 2.24) is 15.5 Å². The highest BCUT2D eigenvalue weighted by Crippen LogP contribution is 2.20. The van der Waals surface area contributed by atoms with E-state index in [1.165, 1.54) is 0 Å². The van der Waals surface area contributed by atoms with Crippen LogP contribution >= 0.6 is 0 Å². The first-order chi connectivity index (χ1) is 9.25. The van der Waals surface area contributed by atoms with Gasteiger partial charge in [0.2, 0.25) is 0 Å². The van der Waals surface area contributed by atoms with E-state index in [2.05, 4.69) is 15.5 Å². The van der Waals surface area contributed by atoms with Gasteiger partial charge in [-0.25, -0.2) is 0 Å². The highest BCUT2D eigenvalue weighted by atomic mass is 16.3. The van der Waals surface area contributed by atoms with Crippen molar-refractivity contribution in [3.05, 3.63) is 30.0 Å². The molecule has 0 radical (unpaired) electrons. The molecule has 1 fully saturated rings. The number of aliphatic hydroxyl groups is 1. The zero-order valence-electron chi connectivity index (χ0n) is 10.6. The van der Waals surface area contributed by atoms with Crippen LogP contribution in [0.5, 0.6) is 0 Å². The molecule has 0 bridgehead atoms. The Labute approximate surface area is 111 Å². The zero-order valence-corrected chi connectivity index (χ0v) is 10.6. The quantitative estimate of drug-likeness (QED) is 0.766. The van der Waals surface area contributed by atoms with Gasteiger partial charge in [0.15, 0.2) is 5.69 Å². The first-order valence-corrected chi connectivity index (χ1v) is 6.68. The van der Waals surface area contributed by atoms with Gasteiger partial charge in [0.25, 0.3) is 5.91 Å². The smallest absolute Gasteiger partial charge is 0.272 e. The normalized spacial score (nSPS) is 23.4. The van der Waals surface area contributed by atoms with Gasteiger partial charge >= 0.3 is 0 Å². The molecule has 2 aromatic rings. The van der Waals surface area contributed by atoms with Crippen molar-refractivity contribution in [2.45, 2.75) is 37.8 Å². The van der Waals surface area contributed by atoms with E-state index in [9.17, 15) is 9.90 Å². The number of aromatic nitrogens is 2. The molecule has 1 aliphatic carbocycles. The van der Waals surface area contributed by atoms with E-state index in [4.69, 9.17) is 0 Å². The molecule has 1 aliphatic rings. The summed E-state index contributed by atoms with van der Waals surface area (Å²) in [5, 5.41) is 20.5. The van der Waals surface area contributed by atoms with Crippen molar-refractivity contribution in [2.24, 2.45) is 0 Å². The number of aromatic amines is 1. The molecule has 1 amide bonds. The third-order valence-corrected chi connectivity index (χ3v) is 3.73. The maximum absolute atomic E-state index is 12.2. The number of carbonyl (C=O) groups is 1. The molecule has 3 N–H and O–H groups in total. The predicted molar refractivity (Wildman–Crippen MR) is 71.8 cm³/mol. The SMILES string of the molecule is O=C(N[C@H]1CCCC[C@@H]1O)c1n[nH]c2ccccc12. The Hall–Kier alpha value is -1.88. The fourth-order valence-electron chi connectivity index (χ4n) is 2.65. The van der Waals surface area contributed by atoms with Crippen LogP contribution in [-0.2, 0) is 0 Å². The highest BCUT2D eigenvalue weighted by molar-refractivity contribution is 6.04. The number of nitrogens with zero attached hydrogens (tertiary/aromatic N) is 1. The maximum atomic E-state index is 12.2. The summed E-state index contributed by atoms with van der Waals surface area (Å²) in [6.07, 6.45) is 3.21. The Morgan fingerprint density at radius 3 is 2.95 bits per heavy atom. The largest absolute Gasteiger partial charge is 0.391 e. The van der Waals surface area contributed by atoms with Gasteiger partial charge in [0, 0.05) is 5.39 Å². The first-order valence-electron chi connectivity index (χ1n) is 6.68. The summed E-state index contributed by atoms with van der Waals surface area (Å²) >= 11 is 0. The number of para-hydroxylation sites is 1. The minimum Gasteiger partial charge on any atom is -0.391 e. The molecule has 2 atom stereocenters. The molecule has 0 aliphatic heterocycles. The molecule has 1 saturated carbocycles. The molecule has 0 unspecified atom stereocenters. The number of fused-ring (bicyclic) bond motifs is 1. The number of benzene rings is 1. The standard InChI is InChI=1S/C14H17N3O2/c18-12-8-4-3-7-11(12)15-14(19)13-9-5-1-2-6-10(9)16-17-13/h1-2,5-6,11-12,18H,3-4,7-8H2,(H,15,19)(H,16,17)/t11-,12-/m0/s1. The molecule has 19 heavy (non-hydrogen) atoms. The Morgan fingerprint density at radius 1 is 1.32 bits per heavy atom. The monoisotopic (exact) mass is 259 g/mol. The van der Waals surface area contributed by atoms with Gasteiger partial charge in [-0.2, -0.15) is 5.10 Å². The molecular weight excluding hydrogens is 242 g/mol. The van der Waals surface area contributed by atoms with Crippen LogP contribution in [0.3, 0.4) is 0 Å². The summed E-state index contributed by atoms with van der Waals surface area (Å²) in [5.74, 6) is -0.219. The van der Waals surface area contributed by atoms with E-state index >= 15 is 0 Å². The average molecular weight is 259 g/mol. The van der Waals surface area contributed by atoms with Crippen LogP contribution in [0.4, 0.5) is 0 Å². The first kappa shape index (κ1) is 12.2. The van der Waals surface area contributed by atoms with Gasteiger partial charge in [0.05, 0.1) is 17.7 Å². The number of hydrogen-bond donors (Lipinski definition) is 3. The number of rotatable bonds is 2. The Morgan fingerprint density at radius 2 is 2.11 bits per heavy atom. The molecule has 1 aromatic heterocycles. The minimum absolute atomic E-state index is 0.156. The predicted octanol–water partition coefficient (Wildman–Crippen LogP) is 1.60. The van der Waals surface area contributed by atoms with Crippen molar-refractivity contribution in [3.63, 3.8) is 0 Å². The van der Waals surface area contributed by atoms with E-state index in [1.807, 2.05) is 24.3 Å². The molecule has 100 valence electrons. The van der Waals surface area contributed by atoms with Gasteiger partial charge in [-0.05, 0) is 18.9 Å². The van der Waals surface area contributed by atoms with Crippen molar-refractivity contribution in [1.29, 1.82) is 0 Å². The lowest BCUT2D eigenvalue weighted by molar-refractivity contribution is 0.0715. The van der Waals surface area contributed by atoms with Gasteiger partial charge in [-0.1, -0.05) is 31.0 Å². The number of amides is 1. The number of H-pyrrole nitrogens is 1. The average Bonchev–Trinajstić information content (AvgIpc) is 2.85. The van der Waals surface area contributed by atoms with Crippen LogP contribution in [0.25, 0.3) is 10.9 Å². The second-order valence-corrected chi connectivity index (χ2v) is 5.05. The maximum Gasteiger partial charge on any atom is 0.272 e. The van der Waals surface area contributed by atoms with Gasteiger partial charge in [-0.15, -0.1) is 0 Å². The van der Waals surface area contributed by atoms with Crippen LogP contribution in [0, 0.1) is 0 Å². The van der Waals surface area contributed by atoms with E-state index in [1.54, 1.807) is 0 Å². The molecular formula is C14H17N3O2. The van der Waals surface area contributed by atoms with Crippen LogP contribution in [-0.4, -0.2) is 33.4 Å². The lowest BCUT2D eigenvalue weighted by Crippen LogP contribution is -2.45. The molecule has 1 aromatic carbocycles. The number of aliphatic hydroxyl groups excluding tert-OH is 1. The van der Waals surface area contributed by atoms with E-state index < -0.39 is 6.10 Å². The summed E-state index contributed by atoms with van der Waals surface area (Å²) in [7, 11) is 0.